The topological polar surface area (TPSA) is 54.7 Å². The Morgan fingerprint density at radius 2 is 1.78 bits per heavy atom. The van der Waals surface area contributed by atoms with Crippen LogP contribution >= 0.6 is 0 Å². The van der Waals surface area contributed by atoms with Crippen molar-refractivity contribution < 1.29 is 13.2 Å². The van der Waals surface area contributed by atoms with E-state index in [0.717, 1.165) is 12.1 Å². The first-order valence-corrected chi connectivity index (χ1v) is 6.95. The third kappa shape index (κ3) is 2.92. The van der Waals surface area contributed by atoms with Gasteiger partial charge in [0.05, 0.1) is 11.3 Å². The van der Waals surface area contributed by atoms with Gasteiger partial charge in [-0.15, -0.1) is 0 Å². The molecule has 3 N–H and O–H groups in total. The Morgan fingerprint density at radius 3 is 2.48 bits per heavy atom. The largest absolute Gasteiger partial charge is 0.416 e. The van der Waals surface area contributed by atoms with Crippen LogP contribution in [0.5, 0.6) is 0 Å². The lowest BCUT2D eigenvalue weighted by Crippen LogP contribution is -2.04. The fourth-order valence-electron chi connectivity index (χ4n) is 2.42. The standard InChI is InChI=1S/C17H14F3N3/c1-10-15(11-5-4-6-12(9-11)17(18,19)20)23-16(22-10)13-7-2-3-8-14(13)21/h2-9H,21H2,1H3,(H,22,23). The molecule has 0 radical (unpaired) electrons. The average molecular weight is 317 g/mol. The van der Waals surface area contributed by atoms with E-state index < -0.39 is 11.7 Å². The minimum atomic E-state index is -4.38. The first-order valence-electron chi connectivity index (χ1n) is 6.95. The van der Waals surface area contributed by atoms with E-state index in [1.807, 2.05) is 18.2 Å². The van der Waals surface area contributed by atoms with Crippen LogP contribution in [0.4, 0.5) is 18.9 Å². The highest BCUT2D eigenvalue weighted by Crippen LogP contribution is 2.33. The first-order chi connectivity index (χ1) is 10.9. The molecule has 6 heteroatoms. The molecule has 2 aromatic carbocycles. The van der Waals surface area contributed by atoms with Crippen molar-refractivity contribution in [1.82, 2.24) is 9.97 Å². The molecule has 0 aliphatic rings. The van der Waals surface area contributed by atoms with Gasteiger partial charge in [0.25, 0.3) is 0 Å². The summed E-state index contributed by atoms with van der Waals surface area (Å²) in [6.45, 7) is 1.77. The summed E-state index contributed by atoms with van der Waals surface area (Å²) in [5, 5.41) is 0. The Morgan fingerprint density at radius 1 is 1.04 bits per heavy atom. The van der Waals surface area contributed by atoms with E-state index >= 15 is 0 Å². The number of aromatic nitrogens is 2. The molecular formula is C17H14F3N3. The number of aryl methyl sites for hydroxylation is 1. The number of imidazole rings is 1. The van der Waals surface area contributed by atoms with Crippen LogP contribution in [0, 0.1) is 6.92 Å². The number of anilines is 1. The van der Waals surface area contributed by atoms with E-state index in [4.69, 9.17) is 5.73 Å². The van der Waals surface area contributed by atoms with Gasteiger partial charge in [0.1, 0.15) is 5.82 Å². The lowest BCUT2D eigenvalue weighted by Gasteiger charge is -2.07. The molecule has 0 fully saturated rings. The molecule has 0 saturated carbocycles. The van der Waals surface area contributed by atoms with Gasteiger partial charge in [-0.05, 0) is 31.2 Å². The maximum absolute atomic E-state index is 12.9. The molecule has 0 atom stereocenters. The quantitative estimate of drug-likeness (QED) is 0.676. The molecule has 3 rings (SSSR count). The number of nitrogens with two attached hydrogens (primary N) is 1. The zero-order valence-electron chi connectivity index (χ0n) is 12.3. The molecule has 0 amide bonds. The normalized spacial score (nSPS) is 11.7. The number of nitrogen functional groups attached to an aromatic ring is 1. The highest BCUT2D eigenvalue weighted by atomic mass is 19.4. The van der Waals surface area contributed by atoms with E-state index in [1.54, 1.807) is 19.1 Å². The van der Waals surface area contributed by atoms with Crippen molar-refractivity contribution in [2.45, 2.75) is 13.1 Å². The van der Waals surface area contributed by atoms with Gasteiger partial charge in [-0.2, -0.15) is 13.2 Å². The van der Waals surface area contributed by atoms with Crippen molar-refractivity contribution in [1.29, 1.82) is 0 Å². The van der Waals surface area contributed by atoms with Crippen LogP contribution in [0.3, 0.4) is 0 Å². The number of alkyl halides is 3. The number of nitrogens with one attached hydrogen (secondary N) is 1. The lowest BCUT2D eigenvalue weighted by atomic mass is 10.1. The molecule has 0 unspecified atom stereocenters. The summed E-state index contributed by atoms with van der Waals surface area (Å²) in [6.07, 6.45) is -4.38. The molecule has 0 saturated heterocycles. The van der Waals surface area contributed by atoms with Crippen LogP contribution in [-0.2, 0) is 6.18 Å². The number of benzene rings is 2. The highest BCUT2D eigenvalue weighted by molar-refractivity contribution is 5.74. The van der Waals surface area contributed by atoms with Gasteiger partial charge in [-0.3, -0.25) is 0 Å². The zero-order chi connectivity index (χ0) is 16.6. The minimum Gasteiger partial charge on any atom is -0.398 e. The van der Waals surface area contributed by atoms with E-state index in [0.29, 0.717) is 34.0 Å². The molecule has 23 heavy (non-hydrogen) atoms. The molecule has 3 aromatic rings. The molecule has 1 heterocycles. The van der Waals surface area contributed by atoms with Gasteiger partial charge in [-0.25, -0.2) is 4.98 Å². The molecule has 118 valence electrons. The van der Waals surface area contributed by atoms with Crippen molar-refractivity contribution >= 4 is 5.69 Å². The summed E-state index contributed by atoms with van der Waals surface area (Å²) in [6, 6.07) is 12.3. The van der Waals surface area contributed by atoms with Crippen molar-refractivity contribution in [2.24, 2.45) is 0 Å². The average Bonchev–Trinajstić information content (AvgIpc) is 2.89. The Labute approximate surface area is 131 Å². The Kier molecular flexibility index (Phi) is 3.60. The second-order valence-corrected chi connectivity index (χ2v) is 5.22. The van der Waals surface area contributed by atoms with Gasteiger partial charge in [0, 0.05) is 22.5 Å². The Hall–Kier alpha value is -2.76. The van der Waals surface area contributed by atoms with Crippen molar-refractivity contribution in [3.8, 4) is 22.6 Å². The molecule has 0 bridgehead atoms. The number of hydrogen-bond acceptors (Lipinski definition) is 2. The Bertz CT molecular complexity index is 850. The number of rotatable bonds is 2. The van der Waals surface area contributed by atoms with Crippen LogP contribution in [0.25, 0.3) is 22.6 Å². The maximum atomic E-state index is 12.9. The second-order valence-electron chi connectivity index (χ2n) is 5.22. The van der Waals surface area contributed by atoms with E-state index in [9.17, 15) is 13.2 Å². The number of aromatic amines is 1. The molecule has 0 aliphatic heterocycles. The molecule has 3 nitrogen and oxygen atoms in total. The van der Waals surface area contributed by atoms with Crippen LogP contribution < -0.4 is 5.73 Å². The number of para-hydroxylation sites is 1. The maximum Gasteiger partial charge on any atom is 0.416 e. The summed E-state index contributed by atoms with van der Waals surface area (Å²) < 4.78 is 38.6. The van der Waals surface area contributed by atoms with E-state index in [1.165, 1.54) is 6.07 Å². The summed E-state index contributed by atoms with van der Waals surface area (Å²) in [7, 11) is 0. The molecular weight excluding hydrogens is 303 g/mol. The molecule has 0 aliphatic carbocycles. The van der Waals surface area contributed by atoms with Crippen LogP contribution in [0.1, 0.15) is 11.3 Å². The fourth-order valence-corrected chi connectivity index (χ4v) is 2.42. The monoisotopic (exact) mass is 317 g/mol. The van der Waals surface area contributed by atoms with Gasteiger partial charge in [0.2, 0.25) is 0 Å². The summed E-state index contributed by atoms with van der Waals surface area (Å²) >= 11 is 0. The zero-order valence-corrected chi connectivity index (χ0v) is 12.3. The van der Waals surface area contributed by atoms with Crippen molar-refractivity contribution in [3.63, 3.8) is 0 Å². The van der Waals surface area contributed by atoms with Crippen molar-refractivity contribution in [3.05, 3.63) is 59.8 Å². The van der Waals surface area contributed by atoms with Crippen LogP contribution in [-0.4, -0.2) is 9.97 Å². The minimum absolute atomic E-state index is 0.411. The van der Waals surface area contributed by atoms with Crippen LogP contribution in [0.15, 0.2) is 48.5 Å². The number of H-pyrrole nitrogens is 1. The highest BCUT2D eigenvalue weighted by Gasteiger charge is 2.30. The Balaban J connectivity index is 2.07. The van der Waals surface area contributed by atoms with E-state index in [-0.39, 0.29) is 0 Å². The van der Waals surface area contributed by atoms with Crippen molar-refractivity contribution in [2.75, 3.05) is 5.73 Å². The SMILES string of the molecule is Cc1[nH]c(-c2ccccc2N)nc1-c1cccc(C(F)(F)F)c1. The number of nitrogens with zero attached hydrogens (tertiary/aromatic N) is 1. The third-order valence-electron chi connectivity index (χ3n) is 3.56. The van der Waals surface area contributed by atoms with Gasteiger partial charge >= 0.3 is 6.18 Å². The number of halogens is 3. The smallest absolute Gasteiger partial charge is 0.398 e. The summed E-state index contributed by atoms with van der Waals surface area (Å²) in [5.74, 6) is 0.535. The fraction of sp³-hybridized carbons (Fsp3) is 0.118. The summed E-state index contributed by atoms with van der Waals surface area (Å²) in [5.41, 5.74) is 8.07. The first kappa shape index (κ1) is 15.1. The van der Waals surface area contributed by atoms with Crippen LogP contribution in [0.2, 0.25) is 0 Å². The lowest BCUT2D eigenvalue weighted by molar-refractivity contribution is -0.137. The predicted octanol–water partition coefficient (Wildman–Crippen LogP) is 4.65. The number of hydrogen-bond donors (Lipinski definition) is 2. The molecule has 1 aromatic heterocycles. The second kappa shape index (κ2) is 5.46. The predicted molar refractivity (Wildman–Crippen MR) is 83.6 cm³/mol. The van der Waals surface area contributed by atoms with Gasteiger partial charge in [0.15, 0.2) is 0 Å². The summed E-state index contributed by atoms with van der Waals surface area (Å²) in [4.78, 5) is 7.52. The third-order valence-corrected chi connectivity index (χ3v) is 3.56. The van der Waals surface area contributed by atoms with Gasteiger partial charge < -0.3 is 10.7 Å². The van der Waals surface area contributed by atoms with E-state index in [2.05, 4.69) is 9.97 Å². The molecule has 0 spiro atoms. The van der Waals surface area contributed by atoms with Gasteiger partial charge in [-0.1, -0.05) is 24.3 Å².